The Kier molecular flexibility index (Phi) is 3.44. The van der Waals surface area contributed by atoms with Crippen LogP contribution in [0.15, 0.2) is 18.5 Å². The summed E-state index contributed by atoms with van der Waals surface area (Å²) in [6.45, 7) is 1.88. The van der Waals surface area contributed by atoms with Gasteiger partial charge in [-0.1, -0.05) is 0 Å². The van der Waals surface area contributed by atoms with E-state index in [1.807, 2.05) is 6.92 Å². The first-order valence-electron chi connectivity index (χ1n) is 5.53. The lowest BCUT2D eigenvalue weighted by molar-refractivity contribution is 0.481. The second-order valence-corrected chi connectivity index (χ2v) is 6.65. The van der Waals surface area contributed by atoms with Crippen molar-refractivity contribution in [3.8, 4) is 0 Å². The number of hydrogen-bond donors (Lipinski definition) is 1. The van der Waals surface area contributed by atoms with Crippen molar-refractivity contribution in [2.24, 2.45) is 0 Å². The van der Waals surface area contributed by atoms with Crippen molar-refractivity contribution >= 4 is 9.84 Å². The lowest BCUT2D eigenvalue weighted by Gasteiger charge is -2.18. The topological polar surface area (TPSA) is 59.1 Å². The Morgan fingerprint density at radius 2 is 2.29 bits per heavy atom. The molecular weight excluding hydrogens is 243 g/mol. The lowest BCUT2D eigenvalue weighted by atomic mass is 10.1. The van der Waals surface area contributed by atoms with E-state index in [4.69, 9.17) is 0 Å². The molecule has 94 valence electrons. The summed E-state index contributed by atoms with van der Waals surface area (Å²) in [5, 5.41) is 3.19. The Hall–Kier alpha value is -1.01. The number of hydrogen-bond acceptors (Lipinski definition) is 4. The van der Waals surface area contributed by atoms with E-state index in [1.54, 1.807) is 6.20 Å². The van der Waals surface area contributed by atoms with Crippen LogP contribution in [0.4, 0.5) is 4.39 Å². The van der Waals surface area contributed by atoms with Gasteiger partial charge in [-0.05, 0) is 25.0 Å². The molecule has 1 N–H and O–H groups in total. The minimum atomic E-state index is -2.88. The zero-order valence-corrected chi connectivity index (χ0v) is 10.4. The van der Waals surface area contributed by atoms with Crippen LogP contribution in [0.5, 0.6) is 0 Å². The second kappa shape index (κ2) is 4.70. The molecule has 1 aromatic heterocycles. The molecular formula is C11H15FN2O2S. The number of sulfone groups is 1. The van der Waals surface area contributed by atoms with Crippen LogP contribution in [-0.4, -0.2) is 30.9 Å². The van der Waals surface area contributed by atoms with Gasteiger partial charge in [-0.3, -0.25) is 4.98 Å². The number of aromatic nitrogens is 1. The highest BCUT2D eigenvalue weighted by Gasteiger charge is 2.28. The van der Waals surface area contributed by atoms with Crippen molar-refractivity contribution in [3.63, 3.8) is 0 Å². The van der Waals surface area contributed by atoms with Gasteiger partial charge in [-0.15, -0.1) is 0 Å². The highest BCUT2D eigenvalue weighted by Crippen LogP contribution is 2.17. The molecule has 1 fully saturated rings. The maximum Gasteiger partial charge on any atom is 0.151 e. The average Bonchev–Trinajstić information content (AvgIpc) is 2.58. The Bertz CT molecular complexity index is 504. The number of pyridine rings is 1. The van der Waals surface area contributed by atoms with E-state index in [1.165, 1.54) is 6.07 Å². The first kappa shape index (κ1) is 12.4. The summed E-state index contributed by atoms with van der Waals surface area (Å²) in [7, 11) is -2.88. The molecule has 1 aliphatic rings. The molecule has 0 spiro atoms. The molecule has 1 aliphatic heterocycles. The third kappa shape index (κ3) is 3.23. The molecule has 2 rings (SSSR count). The summed E-state index contributed by atoms with van der Waals surface area (Å²) >= 11 is 0. The van der Waals surface area contributed by atoms with Crippen LogP contribution in [0.3, 0.4) is 0 Å². The summed E-state index contributed by atoms with van der Waals surface area (Å²) < 4.78 is 35.6. The van der Waals surface area contributed by atoms with Crippen LogP contribution in [0, 0.1) is 5.82 Å². The normalized spacial score (nSPS) is 24.7. The van der Waals surface area contributed by atoms with Crippen molar-refractivity contribution in [1.29, 1.82) is 0 Å². The monoisotopic (exact) mass is 258 g/mol. The lowest BCUT2D eigenvalue weighted by Crippen LogP contribution is -2.32. The van der Waals surface area contributed by atoms with Crippen LogP contribution < -0.4 is 5.32 Å². The molecule has 0 bridgehead atoms. The highest BCUT2D eigenvalue weighted by molar-refractivity contribution is 7.91. The summed E-state index contributed by atoms with van der Waals surface area (Å²) in [5.41, 5.74) is 0.731. The molecule has 1 aromatic rings. The molecule has 0 aromatic carbocycles. The van der Waals surface area contributed by atoms with Crippen molar-refractivity contribution in [3.05, 3.63) is 29.8 Å². The zero-order chi connectivity index (χ0) is 12.5. The summed E-state index contributed by atoms with van der Waals surface area (Å²) in [6, 6.07) is 1.27. The van der Waals surface area contributed by atoms with E-state index in [2.05, 4.69) is 10.3 Å². The van der Waals surface area contributed by atoms with Gasteiger partial charge in [0.05, 0.1) is 17.7 Å². The zero-order valence-electron chi connectivity index (χ0n) is 9.56. The van der Waals surface area contributed by atoms with E-state index < -0.39 is 9.84 Å². The molecule has 2 unspecified atom stereocenters. The largest absolute Gasteiger partial charge is 0.306 e. The number of rotatable bonds is 3. The fourth-order valence-electron chi connectivity index (χ4n) is 2.04. The van der Waals surface area contributed by atoms with Gasteiger partial charge in [0.1, 0.15) is 5.82 Å². The maximum absolute atomic E-state index is 13.0. The van der Waals surface area contributed by atoms with E-state index in [0.717, 1.165) is 11.8 Å². The minimum Gasteiger partial charge on any atom is -0.306 e. The van der Waals surface area contributed by atoms with Crippen molar-refractivity contribution in [1.82, 2.24) is 10.3 Å². The number of nitrogens with zero attached hydrogens (tertiary/aromatic N) is 1. The smallest absolute Gasteiger partial charge is 0.151 e. The Balaban J connectivity index is 2.00. The van der Waals surface area contributed by atoms with E-state index in [9.17, 15) is 12.8 Å². The molecule has 0 aliphatic carbocycles. The van der Waals surface area contributed by atoms with E-state index >= 15 is 0 Å². The maximum atomic E-state index is 13.0. The molecule has 6 heteroatoms. The fraction of sp³-hybridized carbons (Fsp3) is 0.545. The van der Waals surface area contributed by atoms with Crippen LogP contribution in [0.1, 0.15) is 24.9 Å². The van der Waals surface area contributed by atoms with E-state index in [-0.39, 0.29) is 29.4 Å². The first-order chi connectivity index (χ1) is 7.96. The van der Waals surface area contributed by atoms with Crippen LogP contribution in [-0.2, 0) is 9.84 Å². The first-order valence-corrected chi connectivity index (χ1v) is 7.35. The van der Waals surface area contributed by atoms with Gasteiger partial charge in [-0.2, -0.15) is 0 Å². The molecule has 0 saturated carbocycles. The SMILES string of the molecule is CC(NC1CCS(=O)(=O)C1)c1cncc(F)c1. The Labute approximate surface area is 100 Å². The molecule has 0 amide bonds. The summed E-state index contributed by atoms with van der Waals surface area (Å²) in [5.74, 6) is 0.0222. The van der Waals surface area contributed by atoms with Crippen molar-refractivity contribution in [2.75, 3.05) is 11.5 Å². The average molecular weight is 258 g/mol. The fourth-order valence-corrected chi connectivity index (χ4v) is 3.73. The Morgan fingerprint density at radius 1 is 1.53 bits per heavy atom. The van der Waals surface area contributed by atoms with Gasteiger partial charge in [0.25, 0.3) is 0 Å². The van der Waals surface area contributed by atoms with Gasteiger partial charge in [0, 0.05) is 18.3 Å². The second-order valence-electron chi connectivity index (χ2n) is 4.42. The van der Waals surface area contributed by atoms with Crippen LogP contribution >= 0.6 is 0 Å². The molecule has 0 radical (unpaired) electrons. The Morgan fingerprint density at radius 3 is 2.88 bits per heavy atom. The molecule has 2 atom stereocenters. The van der Waals surface area contributed by atoms with E-state index in [0.29, 0.717) is 6.42 Å². The van der Waals surface area contributed by atoms with Crippen LogP contribution in [0.2, 0.25) is 0 Å². The van der Waals surface area contributed by atoms with Gasteiger partial charge < -0.3 is 5.32 Å². The van der Waals surface area contributed by atoms with Gasteiger partial charge in [0.2, 0.25) is 0 Å². The molecule has 2 heterocycles. The summed E-state index contributed by atoms with van der Waals surface area (Å²) in [6.07, 6.45) is 3.36. The number of halogens is 1. The third-order valence-electron chi connectivity index (χ3n) is 2.94. The standard InChI is InChI=1S/C11H15FN2O2S/c1-8(9-4-10(12)6-13-5-9)14-11-2-3-17(15,16)7-11/h4-6,8,11,14H,2-3,7H2,1H3. The molecule has 1 saturated heterocycles. The minimum absolute atomic E-state index is 0.0433. The van der Waals surface area contributed by atoms with Gasteiger partial charge >= 0.3 is 0 Å². The quantitative estimate of drug-likeness (QED) is 0.880. The van der Waals surface area contributed by atoms with Crippen molar-refractivity contribution in [2.45, 2.75) is 25.4 Å². The number of nitrogens with one attached hydrogen (secondary N) is 1. The predicted molar refractivity (Wildman–Crippen MR) is 62.8 cm³/mol. The highest BCUT2D eigenvalue weighted by atomic mass is 32.2. The third-order valence-corrected chi connectivity index (χ3v) is 4.71. The molecule has 4 nitrogen and oxygen atoms in total. The summed E-state index contributed by atoms with van der Waals surface area (Å²) in [4.78, 5) is 3.78. The van der Waals surface area contributed by atoms with Gasteiger partial charge in [0.15, 0.2) is 9.84 Å². The van der Waals surface area contributed by atoms with Crippen molar-refractivity contribution < 1.29 is 12.8 Å². The van der Waals surface area contributed by atoms with Gasteiger partial charge in [-0.25, -0.2) is 12.8 Å². The van der Waals surface area contributed by atoms with Crippen LogP contribution in [0.25, 0.3) is 0 Å². The molecule has 17 heavy (non-hydrogen) atoms. The predicted octanol–water partition coefficient (Wildman–Crippen LogP) is 1.06.